The number of esters is 1. The predicted octanol–water partition coefficient (Wildman–Crippen LogP) is 3.58. The lowest BCUT2D eigenvalue weighted by Crippen LogP contribution is -2.12. The Bertz CT molecular complexity index is 748. The van der Waals surface area contributed by atoms with Crippen LogP contribution >= 0.6 is 11.6 Å². The van der Waals surface area contributed by atoms with Crippen LogP contribution in [-0.2, 0) is 19.4 Å². The first-order valence-electron chi connectivity index (χ1n) is 6.52. The van der Waals surface area contributed by atoms with Crippen molar-refractivity contribution < 1.29 is 22.3 Å². The zero-order valence-electron chi connectivity index (χ0n) is 11.8. The summed E-state index contributed by atoms with van der Waals surface area (Å²) in [5.41, 5.74) is 1.03. The molecule has 0 aromatic heterocycles. The Kier molecular flexibility index (Phi) is 5.03. The van der Waals surface area contributed by atoms with Crippen LogP contribution in [-0.4, -0.2) is 20.3 Å². The molecule has 0 saturated carbocycles. The van der Waals surface area contributed by atoms with Crippen LogP contribution in [0.4, 0.5) is 4.39 Å². The fourth-order valence-corrected chi connectivity index (χ4v) is 3.28. The molecule has 1 aromatic carbocycles. The maximum absolute atomic E-state index is 14.0. The van der Waals surface area contributed by atoms with Crippen molar-refractivity contribution in [3.63, 3.8) is 0 Å². The van der Waals surface area contributed by atoms with Gasteiger partial charge in [-0.1, -0.05) is 29.8 Å². The second kappa shape index (κ2) is 6.62. The van der Waals surface area contributed by atoms with Crippen LogP contribution < -0.4 is 0 Å². The van der Waals surface area contributed by atoms with Crippen LogP contribution in [0.15, 0.2) is 46.1 Å². The Morgan fingerprint density at radius 3 is 2.55 bits per heavy atom. The summed E-state index contributed by atoms with van der Waals surface area (Å²) < 4.78 is 42.4. The molecule has 0 aliphatic heterocycles. The van der Waals surface area contributed by atoms with Crippen molar-refractivity contribution >= 4 is 33.0 Å². The Morgan fingerprint density at radius 1 is 1.32 bits per heavy atom. The SMILES string of the molecule is CC(=O)OCS(=O)(=O)c1ccc(C2=C(F)C(Cl)=CCC2)cc1. The van der Waals surface area contributed by atoms with Gasteiger partial charge in [-0.15, -0.1) is 0 Å². The lowest BCUT2D eigenvalue weighted by atomic mass is 9.97. The number of allylic oxidation sites excluding steroid dienone is 4. The highest BCUT2D eigenvalue weighted by Gasteiger charge is 2.19. The van der Waals surface area contributed by atoms with Gasteiger partial charge in [0.05, 0.1) is 9.93 Å². The third-order valence-electron chi connectivity index (χ3n) is 3.17. The van der Waals surface area contributed by atoms with Crippen LogP contribution in [0.1, 0.15) is 25.3 Å². The number of sulfone groups is 1. The topological polar surface area (TPSA) is 60.4 Å². The molecule has 7 heteroatoms. The number of carbonyl (C=O) groups excluding carboxylic acids is 1. The quantitative estimate of drug-likeness (QED) is 0.783. The van der Waals surface area contributed by atoms with Crippen molar-refractivity contribution in [3.05, 3.63) is 46.8 Å². The first kappa shape index (κ1) is 16.7. The molecule has 1 aliphatic rings. The molecule has 0 saturated heterocycles. The summed E-state index contributed by atoms with van der Waals surface area (Å²) >= 11 is 5.77. The summed E-state index contributed by atoms with van der Waals surface area (Å²) in [6, 6.07) is 5.76. The fourth-order valence-electron chi connectivity index (χ4n) is 2.05. The average molecular weight is 345 g/mol. The number of hydrogen-bond donors (Lipinski definition) is 0. The van der Waals surface area contributed by atoms with E-state index in [2.05, 4.69) is 4.74 Å². The number of hydrogen-bond acceptors (Lipinski definition) is 4. The summed E-state index contributed by atoms with van der Waals surface area (Å²) in [4.78, 5) is 10.7. The molecule has 0 heterocycles. The van der Waals surface area contributed by atoms with E-state index in [1.165, 1.54) is 24.3 Å². The van der Waals surface area contributed by atoms with Gasteiger partial charge in [0.15, 0.2) is 5.94 Å². The fraction of sp³-hybridized carbons (Fsp3) is 0.267. The number of ether oxygens (including phenoxy) is 1. The van der Waals surface area contributed by atoms with Gasteiger partial charge in [-0.25, -0.2) is 12.8 Å². The van der Waals surface area contributed by atoms with Crippen LogP contribution in [0.3, 0.4) is 0 Å². The third kappa shape index (κ3) is 3.75. The summed E-state index contributed by atoms with van der Waals surface area (Å²) in [6.45, 7) is 1.13. The van der Waals surface area contributed by atoms with E-state index in [-0.39, 0.29) is 9.93 Å². The maximum atomic E-state index is 14.0. The van der Waals surface area contributed by atoms with Crippen LogP contribution in [0.5, 0.6) is 0 Å². The first-order chi connectivity index (χ1) is 10.3. The summed E-state index contributed by atoms with van der Waals surface area (Å²) in [5, 5.41) is 0.0767. The van der Waals surface area contributed by atoms with Crippen molar-refractivity contribution in [2.24, 2.45) is 0 Å². The van der Waals surface area contributed by atoms with E-state index in [9.17, 15) is 17.6 Å². The van der Waals surface area contributed by atoms with E-state index in [1.54, 1.807) is 6.08 Å². The predicted molar refractivity (Wildman–Crippen MR) is 81.5 cm³/mol. The zero-order chi connectivity index (χ0) is 16.3. The molecule has 1 aromatic rings. The zero-order valence-corrected chi connectivity index (χ0v) is 13.4. The second-order valence-electron chi connectivity index (χ2n) is 4.78. The molecular weight excluding hydrogens is 331 g/mol. The van der Waals surface area contributed by atoms with Crippen LogP contribution in [0.25, 0.3) is 5.57 Å². The van der Waals surface area contributed by atoms with Gasteiger partial charge in [0.1, 0.15) is 5.83 Å². The standard InChI is InChI=1S/C15H14ClFO4S/c1-10(18)21-9-22(19,20)12-7-5-11(6-8-12)13-3-2-4-14(16)15(13)17/h4-8H,2-3,9H2,1H3. The smallest absolute Gasteiger partial charge is 0.303 e. The molecule has 0 N–H and O–H groups in total. The Balaban J connectivity index is 2.26. The van der Waals surface area contributed by atoms with Crippen LogP contribution in [0, 0.1) is 0 Å². The summed E-state index contributed by atoms with van der Waals surface area (Å²) in [5.74, 6) is -1.87. The van der Waals surface area contributed by atoms with Gasteiger partial charge < -0.3 is 4.74 Å². The van der Waals surface area contributed by atoms with Crippen molar-refractivity contribution in [1.29, 1.82) is 0 Å². The van der Waals surface area contributed by atoms with Gasteiger partial charge in [0.25, 0.3) is 0 Å². The minimum absolute atomic E-state index is 0.0101. The molecule has 0 spiro atoms. The van der Waals surface area contributed by atoms with Crippen LogP contribution in [0.2, 0.25) is 0 Å². The van der Waals surface area contributed by atoms with E-state index in [0.29, 0.717) is 24.0 Å². The summed E-state index contributed by atoms with van der Waals surface area (Å²) in [7, 11) is -3.72. The Labute approximate surface area is 133 Å². The van der Waals surface area contributed by atoms with Gasteiger partial charge in [-0.05, 0) is 36.1 Å². The van der Waals surface area contributed by atoms with E-state index >= 15 is 0 Å². The lowest BCUT2D eigenvalue weighted by Gasteiger charge is -2.14. The van der Waals surface area contributed by atoms with Crippen molar-refractivity contribution in [1.82, 2.24) is 0 Å². The van der Waals surface area contributed by atoms with Gasteiger partial charge in [-0.3, -0.25) is 4.79 Å². The number of benzene rings is 1. The summed E-state index contributed by atoms with van der Waals surface area (Å²) in [6.07, 6.45) is 2.74. The van der Waals surface area contributed by atoms with Gasteiger partial charge >= 0.3 is 5.97 Å². The molecule has 0 amide bonds. The molecule has 0 unspecified atom stereocenters. The van der Waals surface area contributed by atoms with Crippen molar-refractivity contribution in [3.8, 4) is 0 Å². The first-order valence-corrected chi connectivity index (χ1v) is 8.55. The molecular formula is C15H14ClFO4S. The Hall–Kier alpha value is -1.66. The monoisotopic (exact) mass is 344 g/mol. The highest BCUT2D eigenvalue weighted by Crippen LogP contribution is 2.35. The van der Waals surface area contributed by atoms with E-state index < -0.39 is 27.6 Å². The Morgan fingerprint density at radius 2 is 1.95 bits per heavy atom. The molecule has 0 radical (unpaired) electrons. The number of halogens is 2. The molecule has 1 aliphatic carbocycles. The minimum Gasteiger partial charge on any atom is -0.449 e. The maximum Gasteiger partial charge on any atom is 0.303 e. The lowest BCUT2D eigenvalue weighted by molar-refractivity contribution is -0.138. The van der Waals surface area contributed by atoms with Gasteiger partial charge in [0.2, 0.25) is 9.84 Å². The minimum atomic E-state index is -3.72. The molecule has 2 rings (SSSR count). The van der Waals surface area contributed by atoms with Gasteiger partial charge in [-0.2, -0.15) is 0 Å². The molecule has 4 nitrogen and oxygen atoms in total. The largest absolute Gasteiger partial charge is 0.449 e. The van der Waals surface area contributed by atoms with Gasteiger partial charge in [0, 0.05) is 6.92 Å². The molecule has 0 atom stereocenters. The number of carbonyl (C=O) groups is 1. The third-order valence-corrected chi connectivity index (χ3v) is 4.91. The molecule has 0 fully saturated rings. The average Bonchev–Trinajstić information content (AvgIpc) is 2.48. The van der Waals surface area contributed by atoms with Crippen molar-refractivity contribution in [2.45, 2.75) is 24.7 Å². The molecule has 0 bridgehead atoms. The van der Waals surface area contributed by atoms with E-state index in [0.717, 1.165) is 6.92 Å². The normalized spacial score (nSPS) is 15.5. The molecule has 118 valence electrons. The highest BCUT2D eigenvalue weighted by atomic mass is 35.5. The highest BCUT2D eigenvalue weighted by molar-refractivity contribution is 7.91. The second-order valence-corrected chi connectivity index (χ2v) is 7.12. The molecule has 22 heavy (non-hydrogen) atoms. The van der Waals surface area contributed by atoms with Crippen molar-refractivity contribution in [2.75, 3.05) is 5.94 Å². The number of rotatable bonds is 4. The van der Waals surface area contributed by atoms with E-state index in [4.69, 9.17) is 11.6 Å². The van der Waals surface area contributed by atoms with E-state index in [1.807, 2.05) is 0 Å².